The Morgan fingerprint density at radius 2 is 1.93 bits per heavy atom. The molecule has 1 aliphatic carbocycles. The molecule has 1 N–H and O–H groups in total. The van der Waals surface area contributed by atoms with Crippen molar-refractivity contribution in [2.75, 3.05) is 19.6 Å². The molecule has 0 aromatic heterocycles. The molecule has 2 aliphatic rings. The zero-order chi connectivity index (χ0) is 10.7. The van der Waals surface area contributed by atoms with Crippen LogP contribution in [0.3, 0.4) is 0 Å². The lowest BCUT2D eigenvalue weighted by molar-refractivity contribution is 0.137. The predicted octanol–water partition coefficient (Wildman–Crippen LogP) is 2.25. The third-order valence-electron chi connectivity index (χ3n) is 4.07. The lowest BCUT2D eigenvalue weighted by Gasteiger charge is -2.36. The molecule has 1 unspecified atom stereocenters. The van der Waals surface area contributed by atoms with Gasteiger partial charge in [-0.05, 0) is 52.0 Å². The van der Waals surface area contributed by atoms with Crippen LogP contribution in [0.5, 0.6) is 0 Å². The van der Waals surface area contributed by atoms with Gasteiger partial charge in [-0.3, -0.25) is 4.90 Å². The van der Waals surface area contributed by atoms with E-state index in [1.165, 1.54) is 51.7 Å². The second-order valence-electron chi connectivity index (χ2n) is 5.64. The van der Waals surface area contributed by atoms with Gasteiger partial charge in [0.25, 0.3) is 0 Å². The lowest BCUT2D eigenvalue weighted by Crippen LogP contribution is -2.44. The Balaban J connectivity index is 1.76. The summed E-state index contributed by atoms with van der Waals surface area (Å²) in [4.78, 5) is 2.69. The third-order valence-corrected chi connectivity index (χ3v) is 4.07. The van der Waals surface area contributed by atoms with E-state index in [1.807, 2.05) is 0 Å². The van der Waals surface area contributed by atoms with Crippen molar-refractivity contribution in [3.8, 4) is 0 Å². The van der Waals surface area contributed by atoms with Gasteiger partial charge in [-0.25, -0.2) is 0 Å². The van der Waals surface area contributed by atoms with Crippen molar-refractivity contribution in [2.24, 2.45) is 5.92 Å². The zero-order valence-electron chi connectivity index (χ0n) is 10.3. The van der Waals surface area contributed by atoms with Gasteiger partial charge in [0.1, 0.15) is 0 Å². The van der Waals surface area contributed by atoms with Gasteiger partial charge in [0, 0.05) is 25.2 Å². The SMILES string of the molecule is CC(C)N(CC1CCC1)CC1CCCN1. The van der Waals surface area contributed by atoms with Gasteiger partial charge >= 0.3 is 0 Å². The summed E-state index contributed by atoms with van der Waals surface area (Å²) >= 11 is 0. The number of nitrogens with one attached hydrogen (secondary N) is 1. The van der Waals surface area contributed by atoms with Gasteiger partial charge in [0.2, 0.25) is 0 Å². The van der Waals surface area contributed by atoms with Crippen molar-refractivity contribution >= 4 is 0 Å². The first-order valence-corrected chi connectivity index (χ1v) is 6.73. The van der Waals surface area contributed by atoms with Gasteiger partial charge in [0.15, 0.2) is 0 Å². The van der Waals surface area contributed by atoms with Crippen molar-refractivity contribution in [3.63, 3.8) is 0 Å². The second kappa shape index (κ2) is 5.31. The second-order valence-corrected chi connectivity index (χ2v) is 5.64. The molecule has 2 rings (SSSR count). The van der Waals surface area contributed by atoms with E-state index >= 15 is 0 Å². The summed E-state index contributed by atoms with van der Waals surface area (Å²) in [6.45, 7) is 8.53. The smallest absolute Gasteiger partial charge is 0.0195 e. The molecule has 0 radical (unpaired) electrons. The van der Waals surface area contributed by atoms with Gasteiger partial charge in [0.05, 0.1) is 0 Å². The summed E-state index contributed by atoms with van der Waals surface area (Å²) in [7, 11) is 0. The molecule has 15 heavy (non-hydrogen) atoms. The third kappa shape index (κ3) is 3.18. The van der Waals surface area contributed by atoms with Crippen molar-refractivity contribution < 1.29 is 0 Å². The highest BCUT2D eigenvalue weighted by atomic mass is 15.2. The van der Waals surface area contributed by atoms with Crippen molar-refractivity contribution in [3.05, 3.63) is 0 Å². The monoisotopic (exact) mass is 210 g/mol. The molecule has 1 heterocycles. The first kappa shape index (κ1) is 11.4. The molecule has 0 spiro atoms. The minimum absolute atomic E-state index is 0.716. The maximum absolute atomic E-state index is 3.61. The minimum atomic E-state index is 0.716. The van der Waals surface area contributed by atoms with Crippen LogP contribution in [0.25, 0.3) is 0 Å². The molecule has 0 amide bonds. The Morgan fingerprint density at radius 1 is 1.13 bits per heavy atom. The molecule has 0 bridgehead atoms. The Morgan fingerprint density at radius 3 is 2.40 bits per heavy atom. The van der Waals surface area contributed by atoms with Crippen molar-refractivity contribution in [1.82, 2.24) is 10.2 Å². The molecular formula is C13H26N2. The highest BCUT2D eigenvalue weighted by molar-refractivity contribution is 4.82. The molecule has 2 fully saturated rings. The highest BCUT2D eigenvalue weighted by Crippen LogP contribution is 2.27. The van der Waals surface area contributed by atoms with Crippen LogP contribution in [0.4, 0.5) is 0 Å². The fourth-order valence-corrected chi connectivity index (χ4v) is 2.70. The van der Waals surface area contributed by atoms with E-state index in [0.717, 1.165) is 12.0 Å². The van der Waals surface area contributed by atoms with Crippen LogP contribution in [0.2, 0.25) is 0 Å². The fourth-order valence-electron chi connectivity index (χ4n) is 2.70. The average molecular weight is 210 g/mol. The summed E-state index contributed by atoms with van der Waals surface area (Å²) in [6.07, 6.45) is 7.18. The summed E-state index contributed by atoms with van der Waals surface area (Å²) in [6, 6.07) is 1.49. The summed E-state index contributed by atoms with van der Waals surface area (Å²) in [5.41, 5.74) is 0. The molecule has 0 aromatic carbocycles. The Kier molecular flexibility index (Phi) is 4.04. The van der Waals surface area contributed by atoms with Gasteiger partial charge in [-0.2, -0.15) is 0 Å². The van der Waals surface area contributed by atoms with Crippen LogP contribution >= 0.6 is 0 Å². The van der Waals surface area contributed by atoms with E-state index in [1.54, 1.807) is 0 Å². The molecule has 1 saturated carbocycles. The van der Waals surface area contributed by atoms with E-state index in [0.29, 0.717) is 6.04 Å². The Bertz CT molecular complexity index is 181. The maximum atomic E-state index is 3.61. The number of nitrogens with zero attached hydrogens (tertiary/aromatic N) is 1. The van der Waals surface area contributed by atoms with Gasteiger partial charge in [-0.15, -0.1) is 0 Å². The molecule has 1 atom stereocenters. The lowest BCUT2D eigenvalue weighted by atomic mass is 9.85. The Hall–Kier alpha value is -0.0800. The maximum Gasteiger partial charge on any atom is 0.0195 e. The van der Waals surface area contributed by atoms with Crippen LogP contribution in [0, 0.1) is 5.92 Å². The summed E-state index contributed by atoms with van der Waals surface area (Å²) in [5, 5.41) is 3.61. The molecule has 2 nitrogen and oxygen atoms in total. The Labute approximate surface area is 94.4 Å². The molecule has 1 aliphatic heterocycles. The quantitative estimate of drug-likeness (QED) is 0.749. The van der Waals surface area contributed by atoms with Crippen molar-refractivity contribution in [1.29, 1.82) is 0 Å². The van der Waals surface area contributed by atoms with Gasteiger partial charge in [-0.1, -0.05) is 6.42 Å². The normalized spacial score (nSPS) is 27.6. The zero-order valence-corrected chi connectivity index (χ0v) is 10.3. The molecule has 1 saturated heterocycles. The predicted molar refractivity (Wildman–Crippen MR) is 65.1 cm³/mol. The highest BCUT2D eigenvalue weighted by Gasteiger charge is 2.24. The summed E-state index contributed by atoms with van der Waals surface area (Å²) < 4.78 is 0. The van der Waals surface area contributed by atoms with Crippen LogP contribution in [0.1, 0.15) is 46.0 Å². The first-order valence-electron chi connectivity index (χ1n) is 6.73. The largest absolute Gasteiger partial charge is 0.313 e. The average Bonchev–Trinajstić information content (AvgIpc) is 2.60. The van der Waals surface area contributed by atoms with E-state index in [2.05, 4.69) is 24.1 Å². The van der Waals surface area contributed by atoms with E-state index in [-0.39, 0.29) is 0 Å². The van der Waals surface area contributed by atoms with E-state index < -0.39 is 0 Å². The number of rotatable bonds is 5. The van der Waals surface area contributed by atoms with Gasteiger partial charge < -0.3 is 5.32 Å². The molecular weight excluding hydrogens is 184 g/mol. The molecule has 0 aromatic rings. The van der Waals surface area contributed by atoms with Crippen LogP contribution in [-0.4, -0.2) is 36.6 Å². The number of hydrogen-bond acceptors (Lipinski definition) is 2. The first-order chi connectivity index (χ1) is 7.25. The van der Waals surface area contributed by atoms with E-state index in [4.69, 9.17) is 0 Å². The molecule has 88 valence electrons. The van der Waals surface area contributed by atoms with E-state index in [9.17, 15) is 0 Å². The van der Waals surface area contributed by atoms with Crippen molar-refractivity contribution in [2.45, 2.75) is 58.0 Å². The summed E-state index contributed by atoms with van der Waals surface area (Å²) in [5.74, 6) is 1.01. The number of hydrogen-bond donors (Lipinski definition) is 1. The van der Waals surface area contributed by atoms with Crippen LogP contribution in [-0.2, 0) is 0 Å². The topological polar surface area (TPSA) is 15.3 Å². The fraction of sp³-hybridized carbons (Fsp3) is 1.00. The minimum Gasteiger partial charge on any atom is -0.313 e. The van der Waals surface area contributed by atoms with Crippen LogP contribution in [0.15, 0.2) is 0 Å². The molecule has 2 heteroatoms. The van der Waals surface area contributed by atoms with Crippen LogP contribution < -0.4 is 5.32 Å². The standard InChI is InChI=1S/C13H26N2/c1-11(2)15(9-12-5-3-6-12)10-13-7-4-8-14-13/h11-14H,3-10H2,1-2H3.